The van der Waals surface area contributed by atoms with Crippen molar-refractivity contribution in [3.63, 3.8) is 0 Å². The van der Waals surface area contributed by atoms with E-state index in [2.05, 4.69) is 236 Å². The van der Waals surface area contributed by atoms with E-state index in [9.17, 15) is 0 Å². The van der Waals surface area contributed by atoms with Crippen LogP contribution in [0, 0.1) is 0 Å². The molecule has 6 aromatic carbocycles. The molecule has 0 N–H and O–H groups in total. The van der Waals surface area contributed by atoms with Gasteiger partial charge in [0.15, 0.2) is 0 Å². The molecule has 2 aliphatic heterocycles. The number of anilines is 6. The van der Waals surface area contributed by atoms with Gasteiger partial charge in [-0.05, 0) is 144 Å². The zero-order valence-corrected chi connectivity index (χ0v) is 43.6. The Labute approximate surface area is 401 Å². The summed E-state index contributed by atoms with van der Waals surface area (Å²) < 4.78 is 2.75. The van der Waals surface area contributed by atoms with E-state index in [1.54, 1.807) is 0 Å². The third kappa shape index (κ3) is 7.19. The third-order valence-electron chi connectivity index (χ3n) is 15.6. The molecular weight excluding hydrogens is 816 g/mol. The van der Waals surface area contributed by atoms with E-state index in [0.29, 0.717) is 0 Å². The van der Waals surface area contributed by atoms with Crippen LogP contribution in [0.1, 0.15) is 157 Å². The van der Waals surface area contributed by atoms with Crippen molar-refractivity contribution in [1.82, 2.24) is 0 Å². The number of nitrogens with zero attached hydrogens (tertiary/aromatic N) is 2. The van der Waals surface area contributed by atoms with E-state index in [1.165, 1.54) is 117 Å². The van der Waals surface area contributed by atoms with E-state index in [0.717, 1.165) is 0 Å². The summed E-state index contributed by atoms with van der Waals surface area (Å²) in [5.41, 5.74) is 21.5. The minimum atomic E-state index is -0.113. The van der Waals surface area contributed by atoms with Crippen molar-refractivity contribution in [1.29, 1.82) is 0 Å². The van der Waals surface area contributed by atoms with Gasteiger partial charge in [-0.15, -0.1) is 11.3 Å². The molecule has 0 bridgehead atoms. The number of rotatable bonds is 3. The second kappa shape index (κ2) is 14.7. The van der Waals surface area contributed by atoms with Crippen molar-refractivity contribution in [3.05, 3.63) is 149 Å². The lowest BCUT2D eigenvalue weighted by molar-refractivity contribution is 0.332. The predicted molar refractivity (Wildman–Crippen MR) is 291 cm³/mol. The summed E-state index contributed by atoms with van der Waals surface area (Å²) in [5.74, 6) is 0. The molecule has 66 heavy (non-hydrogen) atoms. The van der Waals surface area contributed by atoms with Gasteiger partial charge in [0.1, 0.15) is 0 Å². The van der Waals surface area contributed by atoms with Gasteiger partial charge in [0, 0.05) is 43.2 Å². The second-order valence-electron chi connectivity index (χ2n) is 25.4. The molecule has 338 valence electrons. The number of hydrogen-bond donors (Lipinski definition) is 0. The predicted octanol–water partition coefficient (Wildman–Crippen LogP) is 16.2. The Hall–Kier alpha value is -5.06. The van der Waals surface area contributed by atoms with Crippen LogP contribution in [-0.2, 0) is 32.5 Å². The van der Waals surface area contributed by atoms with Crippen molar-refractivity contribution in [2.75, 3.05) is 9.80 Å². The van der Waals surface area contributed by atoms with Crippen molar-refractivity contribution in [2.24, 2.45) is 0 Å². The summed E-state index contributed by atoms with van der Waals surface area (Å²) in [4.78, 5) is 5.32. The molecule has 1 aliphatic carbocycles. The quantitative estimate of drug-likeness (QED) is 0.163. The van der Waals surface area contributed by atoms with Gasteiger partial charge in [-0.25, -0.2) is 0 Å². The fourth-order valence-corrected chi connectivity index (χ4v) is 12.5. The van der Waals surface area contributed by atoms with Gasteiger partial charge in [-0.1, -0.05) is 178 Å². The zero-order chi connectivity index (χ0) is 47.3. The second-order valence-corrected chi connectivity index (χ2v) is 26.5. The molecular formula is C62H71BN2S. The fraction of sp³-hybridized carbons (Fsp3) is 0.387. The monoisotopic (exact) mass is 887 g/mol. The number of hydrogen-bond acceptors (Lipinski definition) is 3. The summed E-state index contributed by atoms with van der Waals surface area (Å²) in [6, 6.07) is 46.0. The molecule has 3 heterocycles. The Kier molecular flexibility index (Phi) is 9.98. The summed E-state index contributed by atoms with van der Waals surface area (Å²) in [6.07, 6.45) is 2.39. The molecule has 2 nitrogen and oxygen atoms in total. The maximum Gasteiger partial charge on any atom is 0.264 e. The van der Waals surface area contributed by atoms with Gasteiger partial charge in [0.25, 0.3) is 6.71 Å². The smallest absolute Gasteiger partial charge is 0.264 e. The van der Waals surface area contributed by atoms with Crippen LogP contribution >= 0.6 is 11.3 Å². The first-order chi connectivity index (χ1) is 30.7. The average Bonchev–Trinajstić information content (AvgIpc) is 3.62. The Morgan fingerprint density at radius 1 is 0.485 bits per heavy atom. The molecule has 0 saturated carbocycles. The average molecular weight is 887 g/mol. The first kappa shape index (κ1) is 44.8. The molecule has 0 fully saturated rings. The van der Waals surface area contributed by atoms with Gasteiger partial charge in [-0.2, -0.15) is 0 Å². The minimum Gasteiger partial charge on any atom is -0.311 e. The molecule has 0 atom stereocenters. The van der Waals surface area contributed by atoms with Crippen LogP contribution in [0.5, 0.6) is 0 Å². The summed E-state index contributed by atoms with van der Waals surface area (Å²) >= 11 is 1.99. The van der Waals surface area contributed by atoms with E-state index < -0.39 is 0 Å². The van der Waals surface area contributed by atoms with E-state index in [-0.39, 0.29) is 39.2 Å². The normalized spacial score (nSPS) is 16.5. The topological polar surface area (TPSA) is 6.48 Å². The minimum absolute atomic E-state index is 0.0144. The van der Waals surface area contributed by atoms with E-state index in [1.807, 2.05) is 11.3 Å². The first-order valence-corrected chi connectivity index (χ1v) is 25.4. The van der Waals surface area contributed by atoms with Crippen LogP contribution in [0.2, 0.25) is 0 Å². The molecule has 1 aromatic heterocycles. The van der Waals surface area contributed by atoms with Crippen molar-refractivity contribution >= 4 is 78.0 Å². The number of benzene rings is 6. The van der Waals surface area contributed by atoms with Gasteiger partial charge in [-0.3, -0.25) is 0 Å². The zero-order valence-electron chi connectivity index (χ0n) is 42.8. The summed E-state index contributed by atoms with van der Waals surface area (Å²) in [5, 5.41) is 1.32. The SMILES string of the molecule is CC(C)(C)c1ccc(N2c3ccc(C(C)(C)C)cc3B3c4sc5ccccc5c4N(c4ccc(C(C)(C)C)cc4-c4ccc5c(c4)C(C)(C)CCC5(C)C)c4cc(C(C)(C)C)cc2c43)cc1. The molecule has 0 amide bonds. The van der Waals surface area contributed by atoms with Crippen LogP contribution in [0.4, 0.5) is 34.1 Å². The molecule has 0 saturated heterocycles. The van der Waals surface area contributed by atoms with Crippen LogP contribution in [0.15, 0.2) is 115 Å². The maximum absolute atomic E-state index is 2.72. The highest BCUT2D eigenvalue weighted by atomic mass is 32.1. The lowest BCUT2D eigenvalue weighted by atomic mass is 9.36. The highest BCUT2D eigenvalue weighted by Gasteiger charge is 2.47. The summed E-state index contributed by atoms with van der Waals surface area (Å²) in [6.45, 7) is 38.1. The largest absolute Gasteiger partial charge is 0.311 e. The molecule has 3 aliphatic rings. The van der Waals surface area contributed by atoms with Gasteiger partial charge >= 0.3 is 0 Å². The molecule has 0 spiro atoms. The fourth-order valence-electron chi connectivity index (χ4n) is 11.2. The van der Waals surface area contributed by atoms with Gasteiger partial charge in [0.2, 0.25) is 0 Å². The number of fused-ring (bicyclic) bond motifs is 7. The Morgan fingerprint density at radius 3 is 1.65 bits per heavy atom. The molecule has 0 radical (unpaired) electrons. The number of thiophene rings is 1. The Bertz CT molecular complexity index is 3080. The van der Waals surface area contributed by atoms with Crippen molar-refractivity contribution in [3.8, 4) is 11.1 Å². The highest BCUT2D eigenvalue weighted by Crippen LogP contribution is 2.53. The molecule has 7 aromatic rings. The molecule has 10 rings (SSSR count). The molecule has 0 unspecified atom stereocenters. The third-order valence-corrected chi connectivity index (χ3v) is 16.8. The maximum atomic E-state index is 2.72. The standard InChI is InChI=1S/C62H71BN2S/c1-57(2,3)39-22-26-43(27-23-39)64-50-30-25-41(59(7,8)9)35-48(50)63-54-51(64)36-42(60(10,11)12)37-52(54)65(55-44-19-17-18-20-53(44)66-56(55)63)49-29-24-40(58(4,5)6)34-45(49)38-21-28-46-47(33-38)62(15,16)32-31-61(46,13)14/h17-30,33-37H,31-32H2,1-16H3. The van der Waals surface area contributed by atoms with Crippen LogP contribution in [-0.4, -0.2) is 6.71 Å². The van der Waals surface area contributed by atoms with E-state index in [4.69, 9.17) is 0 Å². The Morgan fingerprint density at radius 2 is 1.03 bits per heavy atom. The van der Waals surface area contributed by atoms with Crippen LogP contribution in [0.25, 0.3) is 21.2 Å². The highest BCUT2D eigenvalue weighted by molar-refractivity contribution is 7.33. The van der Waals surface area contributed by atoms with Crippen LogP contribution in [0.3, 0.4) is 0 Å². The lowest BCUT2D eigenvalue weighted by Crippen LogP contribution is -2.60. The van der Waals surface area contributed by atoms with Crippen molar-refractivity contribution in [2.45, 2.75) is 156 Å². The lowest BCUT2D eigenvalue weighted by Gasteiger charge is -2.45. The van der Waals surface area contributed by atoms with Crippen LogP contribution < -0.4 is 25.5 Å². The van der Waals surface area contributed by atoms with E-state index >= 15 is 0 Å². The van der Waals surface area contributed by atoms with Gasteiger partial charge < -0.3 is 9.80 Å². The summed E-state index contributed by atoms with van der Waals surface area (Å²) in [7, 11) is 0. The Balaban J connectivity index is 1.34. The molecule has 4 heteroatoms. The first-order valence-electron chi connectivity index (χ1n) is 24.6. The van der Waals surface area contributed by atoms with Crippen molar-refractivity contribution < 1.29 is 0 Å². The van der Waals surface area contributed by atoms with Gasteiger partial charge in [0.05, 0.1) is 11.4 Å².